The molecule has 0 amide bonds. The van der Waals surface area contributed by atoms with Crippen molar-refractivity contribution in [2.24, 2.45) is 0 Å². The number of rotatable bonds is 2. The molecule has 0 N–H and O–H groups in total. The molecule has 25 heavy (non-hydrogen) atoms. The second-order valence-corrected chi connectivity index (χ2v) is 6.22. The first-order valence-corrected chi connectivity index (χ1v) is 8.37. The van der Waals surface area contributed by atoms with Gasteiger partial charge in [-0.2, -0.15) is 0 Å². The molecule has 0 spiro atoms. The molecule has 2 aromatic heterocycles. The maximum absolute atomic E-state index is 14.4. The summed E-state index contributed by atoms with van der Waals surface area (Å²) in [4.78, 5) is 13.5. The molecule has 0 unspecified atom stereocenters. The minimum atomic E-state index is -0.249. The predicted octanol–water partition coefficient (Wildman–Crippen LogP) is 4.25. The molecule has 3 heterocycles. The predicted molar refractivity (Wildman–Crippen MR) is 94.5 cm³/mol. The second kappa shape index (κ2) is 5.48. The van der Waals surface area contributed by atoms with Gasteiger partial charge in [-0.25, -0.2) is 9.37 Å². The highest BCUT2D eigenvalue weighted by Crippen LogP contribution is 2.37. The first-order valence-electron chi connectivity index (χ1n) is 8.37. The van der Waals surface area contributed by atoms with E-state index in [4.69, 9.17) is 4.98 Å². The molecule has 1 aliphatic rings. The quantitative estimate of drug-likeness (QED) is 0.552. The highest BCUT2D eigenvalue weighted by molar-refractivity contribution is 5.85. The zero-order valence-corrected chi connectivity index (χ0v) is 13.5. The van der Waals surface area contributed by atoms with Crippen LogP contribution in [0.2, 0.25) is 0 Å². The lowest BCUT2D eigenvalue weighted by Gasteiger charge is -2.10. The average Bonchev–Trinajstić information content (AvgIpc) is 3.22. The zero-order chi connectivity index (χ0) is 16.8. The molecule has 5 heteroatoms. The first kappa shape index (κ1) is 14.3. The van der Waals surface area contributed by atoms with E-state index >= 15 is 0 Å². The number of halogens is 1. The van der Waals surface area contributed by atoms with Crippen LogP contribution in [-0.4, -0.2) is 19.5 Å². The topological polar surface area (TPSA) is 43.6 Å². The summed E-state index contributed by atoms with van der Waals surface area (Å²) in [5.41, 5.74) is 4.87. The lowest BCUT2D eigenvalue weighted by molar-refractivity contribution is 0.630. The Kier molecular flexibility index (Phi) is 3.13. The summed E-state index contributed by atoms with van der Waals surface area (Å²) in [6.07, 6.45) is 5.36. The molecule has 0 atom stereocenters. The van der Waals surface area contributed by atoms with Gasteiger partial charge in [0.2, 0.25) is 0 Å². The van der Waals surface area contributed by atoms with Crippen molar-refractivity contribution in [1.29, 1.82) is 0 Å². The van der Waals surface area contributed by atoms with Gasteiger partial charge >= 0.3 is 0 Å². The van der Waals surface area contributed by atoms with Crippen molar-refractivity contribution >= 4 is 11.0 Å². The highest BCUT2D eigenvalue weighted by Gasteiger charge is 2.24. The van der Waals surface area contributed by atoms with Crippen LogP contribution >= 0.6 is 0 Å². The van der Waals surface area contributed by atoms with Crippen LogP contribution in [0.25, 0.3) is 33.5 Å². The Balaban J connectivity index is 1.78. The van der Waals surface area contributed by atoms with Gasteiger partial charge in [0, 0.05) is 36.5 Å². The third-order valence-corrected chi connectivity index (χ3v) is 4.70. The molecule has 0 fully saturated rings. The molecule has 4 aromatic rings. The third kappa shape index (κ3) is 2.23. The van der Waals surface area contributed by atoms with Gasteiger partial charge in [-0.15, -0.1) is 0 Å². The molecule has 5 rings (SSSR count). The highest BCUT2D eigenvalue weighted by atomic mass is 19.1. The van der Waals surface area contributed by atoms with Crippen molar-refractivity contribution < 1.29 is 4.39 Å². The molecular weight excluding hydrogens is 315 g/mol. The minimum Gasteiger partial charge on any atom is -0.327 e. The number of hydrogen-bond donors (Lipinski definition) is 0. The minimum absolute atomic E-state index is 0.249. The van der Waals surface area contributed by atoms with Gasteiger partial charge < -0.3 is 4.57 Å². The first-order chi connectivity index (χ1) is 12.3. The normalized spacial score (nSPS) is 13.3. The number of nitrogens with zero attached hydrogens (tertiary/aromatic N) is 4. The van der Waals surface area contributed by atoms with Crippen LogP contribution in [0.4, 0.5) is 4.39 Å². The Morgan fingerprint density at radius 1 is 0.960 bits per heavy atom. The Labute approximate surface area is 144 Å². The van der Waals surface area contributed by atoms with Crippen LogP contribution in [0, 0.1) is 5.82 Å². The van der Waals surface area contributed by atoms with Crippen LogP contribution in [0.5, 0.6) is 0 Å². The zero-order valence-electron chi connectivity index (χ0n) is 13.5. The molecule has 0 radical (unpaired) electrons. The maximum Gasteiger partial charge on any atom is 0.132 e. The van der Waals surface area contributed by atoms with Crippen LogP contribution in [0.3, 0.4) is 0 Å². The van der Waals surface area contributed by atoms with Crippen molar-refractivity contribution in [2.45, 2.75) is 19.4 Å². The van der Waals surface area contributed by atoms with E-state index in [1.54, 1.807) is 24.5 Å². The monoisotopic (exact) mass is 330 g/mol. The van der Waals surface area contributed by atoms with Gasteiger partial charge in [0.15, 0.2) is 0 Å². The van der Waals surface area contributed by atoms with Crippen LogP contribution in [-0.2, 0) is 13.0 Å². The number of benzene rings is 2. The fourth-order valence-electron chi connectivity index (χ4n) is 3.57. The molecule has 0 bridgehead atoms. The summed E-state index contributed by atoms with van der Waals surface area (Å²) in [6.45, 7) is 0.907. The van der Waals surface area contributed by atoms with Gasteiger partial charge in [-0.05, 0) is 30.7 Å². The molecule has 122 valence electrons. The lowest BCUT2D eigenvalue weighted by Crippen LogP contribution is -1.97. The summed E-state index contributed by atoms with van der Waals surface area (Å²) in [7, 11) is 0. The standard InChI is InChI=1S/C20H15FN4/c21-15-5-2-1-4-14(15)19-20(25-11-3-6-18(25)24-19)13-7-8-16-17(12-13)23-10-9-22-16/h1-2,4-5,7-10,12H,3,6,11H2. The van der Waals surface area contributed by atoms with Crippen LogP contribution in [0.1, 0.15) is 12.2 Å². The Bertz CT molecular complexity index is 1100. The van der Waals surface area contributed by atoms with Gasteiger partial charge in [0.05, 0.1) is 22.4 Å². The molecule has 4 nitrogen and oxygen atoms in total. The molecule has 0 saturated heterocycles. The van der Waals surface area contributed by atoms with Gasteiger partial charge in [0.1, 0.15) is 11.6 Å². The average molecular weight is 330 g/mol. The Morgan fingerprint density at radius 2 is 1.80 bits per heavy atom. The largest absolute Gasteiger partial charge is 0.327 e. The smallest absolute Gasteiger partial charge is 0.132 e. The van der Waals surface area contributed by atoms with Crippen molar-refractivity contribution in [3.63, 3.8) is 0 Å². The van der Waals surface area contributed by atoms with Crippen molar-refractivity contribution in [2.75, 3.05) is 0 Å². The fourth-order valence-corrected chi connectivity index (χ4v) is 3.57. The SMILES string of the molecule is Fc1ccccc1-c1nc2n(c1-c1ccc3nccnc3c1)CCC2. The number of aryl methyl sites for hydroxylation is 1. The van der Waals surface area contributed by atoms with E-state index in [2.05, 4.69) is 14.5 Å². The molecule has 1 aliphatic heterocycles. The van der Waals surface area contributed by atoms with E-state index in [-0.39, 0.29) is 5.82 Å². The van der Waals surface area contributed by atoms with Gasteiger partial charge in [-0.3, -0.25) is 9.97 Å². The van der Waals surface area contributed by atoms with E-state index in [1.165, 1.54) is 6.07 Å². The molecule has 0 aliphatic carbocycles. The van der Waals surface area contributed by atoms with Crippen LogP contribution in [0.15, 0.2) is 54.9 Å². The van der Waals surface area contributed by atoms with Crippen molar-refractivity contribution in [1.82, 2.24) is 19.5 Å². The van der Waals surface area contributed by atoms with Gasteiger partial charge in [0.25, 0.3) is 0 Å². The lowest BCUT2D eigenvalue weighted by atomic mass is 10.0. The summed E-state index contributed by atoms with van der Waals surface area (Å²) in [6, 6.07) is 12.8. The number of hydrogen-bond acceptors (Lipinski definition) is 3. The Morgan fingerprint density at radius 3 is 2.68 bits per heavy atom. The van der Waals surface area contributed by atoms with E-state index in [1.807, 2.05) is 24.3 Å². The third-order valence-electron chi connectivity index (χ3n) is 4.70. The van der Waals surface area contributed by atoms with E-state index < -0.39 is 0 Å². The molecular formula is C20H15FN4. The maximum atomic E-state index is 14.4. The van der Waals surface area contributed by atoms with Crippen molar-refractivity contribution in [3.8, 4) is 22.5 Å². The Hall–Kier alpha value is -3.08. The summed E-state index contributed by atoms with van der Waals surface area (Å²) < 4.78 is 16.6. The van der Waals surface area contributed by atoms with Crippen LogP contribution < -0.4 is 0 Å². The fraction of sp³-hybridized carbons (Fsp3) is 0.150. The second-order valence-electron chi connectivity index (χ2n) is 6.22. The molecule has 0 saturated carbocycles. The number of imidazole rings is 1. The van der Waals surface area contributed by atoms with E-state index in [0.29, 0.717) is 11.3 Å². The van der Waals surface area contributed by atoms with Gasteiger partial charge in [-0.1, -0.05) is 18.2 Å². The van der Waals surface area contributed by atoms with Crippen molar-refractivity contribution in [3.05, 3.63) is 66.5 Å². The van der Waals surface area contributed by atoms with E-state index in [9.17, 15) is 4.39 Å². The summed E-state index contributed by atoms with van der Waals surface area (Å²) >= 11 is 0. The number of fused-ring (bicyclic) bond motifs is 2. The molecule has 2 aromatic carbocycles. The van der Waals surface area contributed by atoms with E-state index in [0.717, 1.165) is 47.5 Å². The number of aromatic nitrogens is 4. The summed E-state index contributed by atoms with van der Waals surface area (Å²) in [5.74, 6) is 0.772. The summed E-state index contributed by atoms with van der Waals surface area (Å²) in [5, 5.41) is 0.